The van der Waals surface area contributed by atoms with Gasteiger partial charge in [0.1, 0.15) is 77.3 Å². The highest BCUT2D eigenvalue weighted by molar-refractivity contribution is 14.1. The minimum absolute atomic E-state index is 0.0287. The number of fused-ring (bicyclic) bond motifs is 4. The molecule has 140 heavy (non-hydrogen) atoms. The van der Waals surface area contributed by atoms with Crippen LogP contribution in [-0.4, -0.2) is 184 Å². The number of hydrogen-bond donors (Lipinski definition) is 0. The van der Waals surface area contributed by atoms with E-state index in [9.17, 15) is 95.8 Å². The fourth-order valence-corrected chi connectivity index (χ4v) is 24.5. The molecule has 11 atom stereocenters. The number of hydrogen-bond acceptors (Lipinski definition) is 28. The molecule has 11 unspecified atom stereocenters. The number of nitrogens with zero attached hydrogens (tertiary/aromatic N) is 1. The maximum absolute atomic E-state index is 12.7. The molecule has 752 valence electrons. The number of aryl methyl sites for hydroxylation is 2. The number of thiophene rings is 1. The van der Waals surface area contributed by atoms with Crippen LogP contribution in [0.1, 0.15) is 120 Å². The molecule has 2 saturated carbocycles. The Balaban J connectivity index is 0.000000176. The van der Waals surface area contributed by atoms with Gasteiger partial charge >= 0.3 is 69.2 Å². The van der Waals surface area contributed by atoms with Crippen LogP contribution in [0.2, 0.25) is 0 Å². The normalized spacial score (nSPS) is 19.1. The molecule has 9 aromatic carbocycles. The lowest BCUT2D eigenvalue weighted by Gasteiger charge is -2.29. The van der Waals surface area contributed by atoms with Gasteiger partial charge in [-0.2, -0.15) is 13.2 Å². The third kappa shape index (κ3) is 33.9. The lowest BCUT2D eigenvalue weighted by Crippen LogP contribution is -3.61. The summed E-state index contributed by atoms with van der Waals surface area (Å²) in [5, 5.41) is 13.2. The van der Waals surface area contributed by atoms with E-state index in [1.807, 2.05) is 52.1 Å². The number of ether oxygens (including phenoxy) is 10. The Hall–Kier alpha value is -8.76. The molecule has 3 aliphatic heterocycles. The molecule has 5 aliphatic rings. The van der Waals surface area contributed by atoms with E-state index in [2.05, 4.69) is 246 Å². The van der Waals surface area contributed by atoms with Crippen molar-refractivity contribution in [2.45, 2.75) is 194 Å². The number of rotatable bonds is 29. The van der Waals surface area contributed by atoms with Gasteiger partial charge in [0.05, 0.1) is 69.3 Å². The van der Waals surface area contributed by atoms with Crippen LogP contribution in [-0.2, 0) is 113 Å². The second-order valence-corrected chi connectivity index (χ2v) is 51.9. The summed E-state index contributed by atoms with van der Waals surface area (Å²) in [5.74, 6) is -8.92. The van der Waals surface area contributed by atoms with Gasteiger partial charge in [0.25, 0.3) is 5.69 Å². The zero-order valence-electron chi connectivity index (χ0n) is 77.3. The highest BCUT2D eigenvalue weighted by Gasteiger charge is 2.72. The summed E-state index contributed by atoms with van der Waals surface area (Å²) in [5.41, 5.74) is 1.42. The molecule has 15 rings (SSSR count). The predicted molar refractivity (Wildman–Crippen MR) is 536 cm³/mol. The van der Waals surface area contributed by atoms with Crippen LogP contribution >= 0.6 is 78.2 Å². The van der Waals surface area contributed by atoms with Gasteiger partial charge < -0.3 is 61.0 Å². The second-order valence-electron chi connectivity index (χ2n) is 34.6. The molecule has 2 bridgehead atoms. The number of nitro groups is 1. The first-order chi connectivity index (χ1) is 65.8. The molecule has 41 heteroatoms. The maximum Gasteiger partial charge on any atom is 0.426 e. The summed E-state index contributed by atoms with van der Waals surface area (Å²) in [6, 6.07) is 77.5. The molecule has 5 fully saturated rings. The highest BCUT2D eigenvalue weighted by atomic mass is 127. The molecule has 29 nitrogen and oxygen atoms in total. The number of halogens is 7. The molecule has 10 aromatic rings. The van der Waals surface area contributed by atoms with Crippen molar-refractivity contribution in [2.24, 2.45) is 17.8 Å². The zero-order valence-corrected chi connectivity index (χ0v) is 90.0. The van der Waals surface area contributed by atoms with E-state index in [1.54, 1.807) is 20.8 Å². The van der Waals surface area contributed by atoms with Crippen molar-refractivity contribution in [1.82, 2.24) is 0 Å². The number of alkyl halides is 6. The Bertz CT molecular complexity index is 6150. The summed E-state index contributed by atoms with van der Waals surface area (Å²) >= 11 is 5.30. The largest absolute Gasteiger partial charge is 0.748 e. The quantitative estimate of drug-likeness (QED) is 0.00614. The first kappa shape index (κ1) is 113. The first-order valence-electron chi connectivity index (χ1n) is 44.0. The van der Waals surface area contributed by atoms with Crippen molar-refractivity contribution < 1.29 is 159 Å². The summed E-state index contributed by atoms with van der Waals surface area (Å²) < 4.78 is 189. The molecule has 0 amide bonds. The Morgan fingerprint density at radius 3 is 1.57 bits per heavy atom. The van der Waals surface area contributed by atoms with Crippen molar-refractivity contribution in [3.05, 3.63) is 264 Å². The molecule has 0 N–H and O–H groups in total. The van der Waals surface area contributed by atoms with E-state index in [0.717, 1.165) is 79.0 Å². The van der Waals surface area contributed by atoms with Crippen LogP contribution in [0.4, 0.5) is 18.9 Å². The third-order valence-electron chi connectivity index (χ3n) is 21.9. The van der Waals surface area contributed by atoms with E-state index in [-0.39, 0.29) is 93.6 Å². The van der Waals surface area contributed by atoms with Gasteiger partial charge in [0, 0.05) is 45.5 Å². The maximum atomic E-state index is 12.7. The van der Waals surface area contributed by atoms with Gasteiger partial charge in [0.15, 0.2) is 54.9 Å². The molecule has 0 radical (unpaired) electrons. The van der Waals surface area contributed by atoms with Crippen LogP contribution < -0.4 is 30.7 Å². The minimum Gasteiger partial charge on any atom is -0.748 e. The molecule has 3 saturated heterocycles. The van der Waals surface area contributed by atoms with Crippen molar-refractivity contribution in [3.8, 4) is 16.4 Å². The summed E-state index contributed by atoms with van der Waals surface area (Å²) in [4.78, 5) is 99.1. The Morgan fingerprint density at radius 2 is 1.10 bits per heavy atom. The molecular weight excluding hydrogens is 2380 g/mol. The molecule has 2 aliphatic carbocycles. The zero-order chi connectivity index (χ0) is 102. The minimum atomic E-state index is -5.28. The average molecular weight is 2480 g/mol. The van der Waals surface area contributed by atoms with Crippen molar-refractivity contribution >= 4 is 187 Å². The van der Waals surface area contributed by atoms with Crippen LogP contribution in [0.5, 0.6) is 11.5 Å². The standard InChI is InChI=1S/C28H29O3S.C22H23OS.C14H17IO10S.C12H19IO7S.C12H10I.C11H9F3INO7S/c1-19-16-21(32-24-12-6-4-10-22(24)23-11-5-7-13-25(23)32)17-20(2)27(19)30-18-26(29)31-28(3)14-8-9-15-28;1-22(2,3)23-18-14-16-21(17-15-18)24(19-10-6-4-7-11-19)20-12-8-5-9-13-20;1-14(2,15)13(18)25-10-7-5(11(16)22-3-4-26(19,20)21)6-8(23-7)9(10)24-12(6)17;1-8(13)11(14)20-10-4-2-3-9(7-10)12(15)19-5-6-21(16,17)18;1-3-7-11(8-4-1)13-12-9-5-2-6-10-12;12-11(13,14)8(5-24(20,21)22)23-10(17)9(15)6-1-3-7(4-2-6)16(18)19/h4-7,10-13,16-17H,8-9,14-15,18H2,1-3H3;4-17H,1-3H3;5-10H,3-4H2,1-2H3,(H,19,20,21);8-10H,2-7H2,1H3,(H,16,17,18);1-10H;1-4,8-9H,5H2,(H,20,21,22)/q2*+1;;;+1;/p-3. The number of nitro benzene ring substituents is 1. The van der Waals surface area contributed by atoms with E-state index >= 15 is 0 Å². The van der Waals surface area contributed by atoms with Gasteiger partial charge in [-0.05, 0) is 227 Å². The fraction of sp³-hybridized carbons (Fsp3) is 0.384. The van der Waals surface area contributed by atoms with Gasteiger partial charge in [-0.25, -0.2) is 30.0 Å². The van der Waals surface area contributed by atoms with Gasteiger partial charge in [-0.3, -0.25) is 38.9 Å². The predicted octanol–water partition coefficient (Wildman–Crippen LogP) is 15.6. The third-order valence-corrected chi connectivity index (χ3v) is 33.3. The number of non-ortho nitro benzene ring substituents is 1. The van der Waals surface area contributed by atoms with Gasteiger partial charge in [0.2, 0.25) is 6.10 Å². The second kappa shape index (κ2) is 50.7. The number of carbonyl (C=O) groups is 7. The molecular formula is C99H104F3I4NO28S5. The Labute approximate surface area is 867 Å². The van der Waals surface area contributed by atoms with E-state index in [1.165, 1.54) is 69.5 Å². The number of benzene rings is 9. The van der Waals surface area contributed by atoms with E-state index in [4.69, 9.17) is 42.6 Å². The lowest BCUT2D eigenvalue weighted by atomic mass is 9.78. The molecule has 4 heterocycles. The van der Waals surface area contributed by atoms with Crippen LogP contribution in [0, 0.1) is 48.9 Å². The number of esters is 7. The monoisotopic (exact) mass is 2480 g/mol. The van der Waals surface area contributed by atoms with Crippen LogP contribution in [0.3, 0.4) is 0 Å². The van der Waals surface area contributed by atoms with E-state index in [0.29, 0.717) is 19.3 Å². The summed E-state index contributed by atoms with van der Waals surface area (Å²) in [7, 11) is -14.4. The fourth-order valence-electron chi connectivity index (χ4n) is 15.5. The lowest BCUT2D eigenvalue weighted by molar-refractivity contribution is -0.597. The van der Waals surface area contributed by atoms with Crippen molar-refractivity contribution in [3.63, 3.8) is 0 Å². The van der Waals surface area contributed by atoms with Crippen molar-refractivity contribution in [1.29, 1.82) is 0 Å². The average Bonchev–Trinajstić information content (AvgIpc) is 1.54. The number of carbonyl (C=O) groups excluding carboxylic acids is 7. The van der Waals surface area contributed by atoms with Crippen LogP contribution in [0.25, 0.3) is 25.1 Å². The summed E-state index contributed by atoms with van der Waals surface area (Å²) in [6.07, 6.45) is -5.51. The molecule has 1 aromatic heterocycles. The molecule has 0 spiro atoms. The van der Waals surface area contributed by atoms with Gasteiger partial charge in [-0.1, -0.05) is 177 Å². The smallest absolute Gasteiger partial charge is 0.426 e. The topological polar surface area (TPSA) is 427 Å². The van der Waals surface area contributed by atoms with Crippen LogP contribution in [0.15, 0.2) is 245 Å². The van der Waals surface area contributed by atoms with E-state index < -0.39 is 157 Å². The van der Waals surface area contributed by atoms with Gasteiger partial charge in [-0.15, -0.1) is 0 Å². The Kier molecular flexibility index (Phi) is 41.0. The SMILES string of the molecule is CC(C)(C)Oc1ccc([S+](c2ccccc2)c2ccccc2)cc1.CC(C)(I)C(=O)OC1C2OC(=O)C3C2OC1C3C(=O)OCCS(=O)(=O)[O-].CC(I)C(=O)OC1CCCC(C(=O)OCCS(=O)(=O)[O-])C1.Cc1cc(-[s+]2c3ccccc3c3ccccc32)cc(C)c1OCC(=O)OC1(C)CCCC1.O=C(OC(CS(=O)(=O)[O-])C(F)(F)F)C(I)c1ccc([N+](=O)[O-])cc1.c1ccc([I+]c2ccccc2)cc1. The Morgan fingerprint density at radius 1 is 0.614 bits per heavy atom. The first-order valence-corrected chi connectivity index (χ1v) is 56.9. The highest BCUT2D eigenvalue weighted by Crippen LogP contribution is 2.53. The summed E-state index contributed by atoms with van der Waals surface area (Å²) in [6.45, 7) is 16.3. The van der Waals surface area contributed by atoms with Crippen molar-refractivity contribution in [2.75, 3.05) is 37.1 Å².